The van der Waals surface area contributed by atoms with Crippen molar-refractivity contribution in [3.05, 3.63) is 71.8 Å². The minimum atomic E-state index is -1.23. The van der Waals surface area contributed by atoms with Crippen LogP contribution < -0.4 is 5.48 Å². The Kier molecular flexibility index (Phi) is 11.8. The lowest BCUT2D eigenvalue weighted by atomic mass is 9.96. The van der Waals surface area contributed by atoms with Crippen LogP contribution in [0.4, 0.5) is 4.79 Å². The number of carboxylic acid groups (broad SMARTS) is 1. The Morgan fingerprint density at radius 2 is 1.62 bits per heavy atom. The van der Waals surface area contributed by atoms with Gasteiger partial charge >= 0.3 is 12.1 Å². The van der Waals surface area contributed by atoms with Crippen LogP contribution in [-0.2, 0) is 37.2 Å². The summed E-state index contributed by atoms with van der Waals surface area (Å²) >= 11 is 0. The molecule has 0 aliphatic carbocycles. The lowest BCUT2D eigenvalue weighted by Gasteiger charge is -2.41. The summed E-state index contributed by atoms with van der Waals surface area (Å²) in [5.41, 5.74) is 4.08. The molecule has 0 unspecified atom stereocenters. The molecule has 0 radical (unpaired) electrons. The van der Waals surface area contributed by atoms with Crippen LogP contribution >= 0.6 is 0 Å². The Labute approximate surface area is 228 Å². The van der Waals surface area contributed by atoms with E-state index in [2.05, 4.69) is 5.48 Å². The molecule has 0 saturated carbocycles. The fourth-order valence-electron chi connectivity index (χ4n) is 4.46. The highest BCUT2D eigenvalue weighted by molar-refractivity contribution is 5.89. The van der Waals surface area contributed by atoms with Gasteiger partial charge in [0.15, 0.2) is 6.04 Å². The number of unbranched alkanes of at least 4 members (excludes halogenated alkanes) is 2. The lowest BCUT2D eigenvalue weighted by Crippen LogP contribution is -2.60. The van der Waals surface area contributed by atoms with E-state index in [9.17, 15) is 24.3 Å². The summed E-state index contributed by atoms with van der Waals surface area (Å²) in [6, 6.07) is 17.2. The number of carbonyl (C=O) groups is 4. The van der Waals surface area contributed by atoms with Gasteiger partial charge in [-0.25, -0.2) is 25.1 Å². The zero-order chi connectivity index (χ0) is 28.0. The van der Waals surface area contributed by atoms with E-state index in [1.165, 1.54) is 0 Å². The van der Waals surface area contributed by atoms with Crippen molar-refractivity contribution in [1.82, 2.24) is 15.5 Å². The van der Waals surface area contributed by atoms with E-state index in [0.717, 1.165) is 34.0 Å². The van der Waals surface area contributed by atoms with E-state index in [-0.39, 0.29) is 32.6 Å². The molecule has 1 fully saturated rings. The van der Waals surface area contributed by atoms with Crippen LogP contribution in [0.3, 0.4) is 0 Å². The number of ether oxygens (including phenoxy) is 1. The van der Waals surface area contributed by atoms with Crippen LogP contribution in [0.15, 0.2) is 60.7 Å². The molecule has 0 aromatic heterocycles. The minimum Gasteiger partial charge on any atom is -0.480 e. The lowest BCUT2D eigenvalue weighted by molar-refractivity contribution is -0.172. The second kappa shape index (κ2) is 15.5. The first-order valence-corrected chi connectivity index (χ1v) is 13.4. The fraction of sp³-hybridized carbons (Fsp3) is 0.448. The molecule has 10 heteroatoms. The van der Waals surface area contributed by atoms with Gasteiger partial charge in [-0.1, -0.05) is 86.8 Å². The maximum Gasteiger partial charge on any atom is 0.429 e. The molecule has 2 aromatic carbocycles. The van der Waals surface area contributed by atoms with Crippen LogP contribution in [0, 0.1) is 5.92 Å². The maximum absolute atomic E-state index is 13.5. The largest absolute Gasteiger partial charge is 0.480 e. The number of amides is 3. The molecule has 1 heterocycles. The second-order valence-corrected chi connectivity index (χ2v) is 9.54. The highest BCUT2D eigenvalue weighted by Crippen LogP contribution is 2.24. The average molecular weight is 540 g/mol. The van der Waals surface area contributed by atoms with Crippen LogP contribution in [0.1, 0.15) is 63.0 Å². The standard InChI is InChI=1S/C29H37N3O7/c1-2-3-6-16-24(27(34)30-39-21-23-14-9-5-10-15-23)19-26(33)32-25(28(35)36)17-11-18-31(32)29(37)38-20-22-12-7-4-8-13-22/h4-5,7-10,12-15,24-25H,2-3,6,11,16-21H2,1H3,(H,30,34)(H,35,36)/t24-,25+/m1/s1. The molecule has 2 atom stereocenters. The summed E-state index contributed by atoms with van der Waals surface area (Å²) in [7, 11) is 0. The van der Waals surface area contributed by atoms with Gasteiger partial charge in [-0.2, -0.15) is 0 Å². The normalized spacial score (nSPS) is 15.9. The monoisotopic (exact) mass is 539 g/mol. The first kappa shape index (κ1) is 29.6. The van der Waals surface area contributed by atoms with Crippen molar-refractivity contribution < 1.29 is 33.9 Å². The molecule has 39 heavy (non-hydrogen) atoms. The molecule has 2 aromatic rings. The van der Waals surface area contributed by atoms with E-state index in [1.807, 2.05) is 55.5 Å². The van der Waals surface area contributed by atoms with Crippen LogP contribution in [0.25, 0.3) is 0 Å². The van der Waals surface area contributed by atoms with Gasteiger partial charge in [0.05, 0.1) is 6.61 Å². The summed E-state index contributed by atoms with van der Waals surface area (Å²) in [5, 5.41) is 11.9. The number of hydroxylamine groups is 1. The van der Waals surface area contributed by atoms with Crippen molar-refractivity contribution >= 4 is 23.9 Å². The number of nitrogens with one attached hydrogen (secondary N) is 1. The van der Waals surface area contributed by atoms with E-state index in [0.29, 0.717) is 19.3 Å². The molecule has 1 aliphatic heterocycles. The van der Waals surface area contributed by atoms with Crippen molar-refractivity contribution in [3.8, 4) is 0 Å². The van der Waals surface area contributed by atoms with Crippen LogP contribution in [-0.4, -0.2) is 51.6 Å². The summed E-state index contributed by atoms with van der Waals surface area (Å²) in [6.07, 6.45) is 2.46. The number of hydrogen-bond donors (Lipinski definition) is 2. The third-order valence-corrected chi connectivity index (χ3v) is 6.56. The predicted octanol–water partition coefficient (Wildman–Crippen LogP) is 4.45. The Morgan fingerprint density at radius 1 is 0.974 bits per heavy atom. The number of carboxylic acids is 1. The van der Waals surface area contributed by atoms with Crippen molar-refractivity contribution in [2.24, 2.45) is 5.92 Å². The molecule has 210 valence electrons. The quantitative estimate of drug-likeness (QED) is 0.285. The Balaban J connectivity index is 1.69. The van der Waals surface area contributed by atoms with Crippen molar-refractivity contribution in [2.75, 3.05) is 6.54 Å². The fourth-order valence-corrected chi connectivity index (χ4v) is 4.46. The number of rotatable bonds is 13. The van der Waals surface area contributed by atoms with Gasteiger partial charge in [-0.15, -0.1) is 0 Å². The average Bonchev–Trinajstić information content (AvgIpc) is 2.96. The van der Waals surface area contributed by atoms with Gasteiger partial charge in [-0.05, 0) is 30.4 Å². The summed E-state index contributed by atoms with van der Waals surface area (Å²) < 4.78 is 5.40. The molecule has 10 nitrogen and oxygen atoms in total. The molecule has 3 amide bonds. The van der Waals surface area contributed by atoms with Crippen molar-refractivity contribution in [2.45, 2.75) is 71.1 Å². The smallest absolute Gasteiger partial charge is 0.429 e. The first-order chi connectivity index (χ1) is 18.9. The minimum absolute atomic E-state index is 0.0171. The summed E-state index contributed by atoms with van der Waals surface area (Å²) in [5.74, 6) is -3.06. The van der Waals surface area contributed by atoms with Gasteiger partial charge in [0.1, 0.15) is 6.61 Å². The Bertz CT molecular complexity index is 1080. The molecule has 1 saturated heterocycles. The number of aliphatic carboxylic acids is 1. The van der Waals surface area contributed by atoms with Gasteiger partial charge in [-0.3, -0.25) is 14.4 Å². The molecular weight excluding hydrogens is 502 g/mol. The zero-order valence-corrected chi connectivity index (χ0v) is 22.3. The number of nitrogens with zero attached hydrogens (tertiary/aromatic N) is 2. The molecule has 0 spiro atoms. The van der Waals surface area contributed by atoms with Gasteiger partial charge in [0, 0.05) is 18.9 Å². The SMILES string of the molecule is CCCCC[C@H](CC(=O)N1[C@H](C(=O)O)CCCN1C(=O)OCc1ccccc1)C(=O)NOCc1ccccc1. The maximum atomic E-state index is 13.5. The van der Waals surface area contributed by atoms with Crippen molar-refractivity contribution in [1.29, 1.82) is 0 Å². The van der Waals surface area contributed by atoms with Crippen LogP contribution in [0.2, 0.25) is 0 Å². The zero-order valence-electron chi connectivity index (χ0n) is 22.3. The van der Waals surface area contributed by atoms with Gasteiger partial charge in [0.2, 0.25) is 11.8 Å². The molecular formula is C29H37N3O7. The third-order valence-electron chi connectivity index (χ3n) is 6.56. The number of carbonyl (C=O) groups excluding carboxylic acids is 3. The van der Waals surface area contributed by atoms with Crippen molar-refractivity contribution in [3.63, 3.8) is 0 Å². The van der Waals surface area contributed by atoms with E-state index in [1.54, 1.807) is 12.1 Å². The number of hydrazine groups is 1. The Hall–Kier alpha value is -3.92. The predicted molar refractivity (Wildman–Crippen MR) is 142 cm³/mol. The van der Waals surface area contributed by atoms with E-state index >= 15 is 0 Å². The number of hydrogen-bond acceptors (Lipinski definition) is 6. The molecule has 2 N–H and O–H groups in total. The highest BCUT2D eigenvalue weighted by Gasteiger charge is 2.41. The first-order valence-electron chi connectivity index (χ1n) is 13.4. The topological polar surface area (TPSA) is 125 Å². The van der Waals surface area contributed by atoms with Gasteiger partial charge in [0.25, 0.3) is 0 Å². The molecule has 0 bridgehead atoms. The number of benzene rings is 2. The summed E-state index contributed by atoms with van der Waals surface area (Å²) in [4.78, 5) is 57.0. The Morgan fingerprint density at radius 3 is 2.23 bits per heavy atom. The summed E-state index contributed by atoms with van der Waals surface area (Å²) in [6.45, 7) is 2.32. The molecule has 1 aliphatic rings. The van der Waals surface area contributed by atoms with E-state index < -0.39 is 35.8 Å². The van der Waals surface area contributed by atoms with Crippen LogP contribution in [0.5, 0.6) is 0 Å². The van der Waals surface area contributed by atoms with E-state index in [4.69, 9.17) is 9.57 Å². The second-order valence-electron chi connectivity index (χ2n) is 9.54. The highest BCUT2D eigenvalue weighted by atomic mass is 16.6. The third kappa shape index (κ3) is 9.10. The molecule has 3 rings (SSSR count). The van der Waals surface area contributed by atoms with Gasteiger partial charge < -0.3 is 9.84 Å².